The van der Waals surface area contributed by atoms with E-state index in [4.69, 9.17) is 0 Å². The molecule has 2 aliphatic heterocycles. The number of carbonyl (C=O) groups excluding carboxylic acids is 1. The van der Waals surface area contributed by atoms with Gasteiger partial charge in [-0.3, -0.25) is 9.79 Å². The number of carbonyl (C=O) groups is 1. The topological polar surface area (TPSA) is 94.0 Å². The van der Waals surface area contributed by atoms with Crippen molar-refractivity contribution < 1.29 is 15.0 Å². The molecule has 0 saturated heterocycles. The SMILES string of the molecule is Cc1cc(O)cc2c1CC(C(=O)NC1CCNc3ccc(CC4Cc5ccc(O)cc5C4)cc31)N=C2. The minimum Gasteiger partial charge on any atom is -0.508 e. The highest BCUT2D eigenvalue weighted by Gasteiger charge is 2.29. The van der Waals surface area contributed by atoms with E-state index in [1.165, 1.54) is 16.7 Å². The molecule has 3 atom stereocenters. The van der Waals surface area contributed by atoms with Gasteiger partial charge in [-0.25, -0.2) is 0 Å². The number of aliphatic imine (C=N–C) groups is 1. The van der Waals surface area contributed by atoms with E-state index in [1.54, 1.807) is 24.4 Å². The molecule has 0 fully saturated rings. The maximum absolute atomic E-state index is 13.3. The van der Waals surface area contributed by atoms with Gasteiger partial charge >= 0.3 is 0 Å². The Morgan fingerprint density at radius 1 is 1.03 bits per heavy atom. The van der Waals surface area contributed by atoms with Gasteiger partial charge in [0.2, 0.25) is 5.91 Å². The lowest BCUT2D eigenvalue weighted by Gasteiger charge is -2.30. The second-order valence-corrected chi connectivity index (χ2v) is 10.5. The predicted octanol–water partition coefficient (Wildman–Crippen LogP) is 4.38. The smallest absolute Gasteiger partial charge is 0.245 e. The second-order valence-electron chi connectivity index (χ2n) is 10.5. The number of phenols is 2. The molecule has 6 nitrogen and oxygen atoms in total. The normalized spacial score (nSPS) is 21.8. The number of hydrogen-bond donors (Lipinski definition) is 4. The predicted molar refractivity (Wildman–Crippen MR) is 141 cm³/mol. The van der Waals surface area contributed by atoms with Crippen LogP contribution in [0.25, 0.3) is 0 Å². The van der Waals surface area contributed by atoms with Gasteiger partial charge in [0.15, 0.2) is 0 Å². The summed E-state index contributed by atoms with van der Waals surface area (Å²) in [6.45, 7) is 2.77. The van der Waals surface area contributed by atoms with Crippen molar-refractivity contribution in [3.8, 4) is 11.5 Å². The molecule has 1 amide bonds. The highest BCUT2D eigenvalue weighted by Crippen LogP contribution is 2.35. The maximum Gasteiger partial charge on any atom is 0.245 e. The highest BCUT2D eigenvalue weighted by atomic mass is 16.3. The lowest BCUT2D eigenvalue weighted by Crippen LogP contribution is -2.40. The van der Waals surface area contributed by atoms with Crippen molar-refractivity contribution in [1.82, 2.24) is 5.32 Å². The van der Waals surface area contributed by atoms with Gasteiger partial charge in [0.05, 0.1) is 6.04 Å². The molecule has 2 heterocycles. The first-order valence-electron chi connectivity index (χ1n) is 12.8. The van der Waals surface area contributed by atoms with E-state index in [-0.39, 0.29) is 17.7 Å². The van der Waals surface area contributed by atoms with Gasteiger partial charge in [-0.15, -0.1) is 0 Å². The number of nitrogens with one attached hydrogen (secondary N) is 2. The third-order valence-corrected chi connectivity index (χ3v) is 7.87. The lowest BCUT2D eigenvalue weighted by molar-refractivity contribution is -0.123. The number of phenolic OH excluding ortho intramolecular Hbond substituents is 2. The molecule has 0 radical (unpaired) electrons. The number of rotatable bonds is 4. The number of hydrogen-bond acceptors (Lipinski definition) is 5. The van der Waals surface area contributed by atoms with Crippen molar-refractivity contribution in [2.45, 2.75) is 51.1 Å². The summed E-state index contributed by atoms with van der Waals surface area (Å²) in [6.07, 6.45) is 6.07. The monoisotopic (exact) mass is 481 g/mol. The van der Waals surface area contributed by atoms with Crippen LogP contribution < -0.4 is 10.6 Å². The molecule has 1 aliphatic carbocycles. The van der Waals surface area contributed by atoms with E-state index in [9.17, 15) is 15.0 Å². The molecule has 3 aliphatic rings. The number of nitrogens with zero attached hydrogens (tertiary/aromatic N) is 1. The average molecular weight is 482 g/mol. The summed E-state index contributed by atoms with van der Waals surface area (Å²) in [6, 6.07) is 15.2. The lowest BCUT2D eigenvalue weighted by atomic mass is 9.90. The number of benzene rings is 3. The highest BCUT2D eigenvalue weighted by molar-refractivity contribution is 5.91. The molecule has 184 valence electrons. The number of fused-ring (bicyclic) bond motifs is 3. The van der Waals surface area contributed by atoms with Crippen molar-refractivity contribution in [2.75, 3.05) is 11.9 Å². The van der Waals surface area contributed by atoms with E-state index in [0.717, 1.165) is 60.2 Å². The standard InChI is InChI=1S/C30H31N3O3/c1-17-8-24(35)14-22-16-32-29(15-25(17)22)30(36)33-28-6-7-31-27-5-2-18(12-26(27)28)9-19-10-20-3-4-23(34)13-21(20)11-19/h2-5,8,12-14,16,19,28-29,31,34-35H,6-7,9-11,15H2,1H3,(H,33,36). The largest absolute Gasteiger partial charge is 0.508 e. The van der Waals surface area contributed by atoms with E-state index >= 15 is 0 Å². The van der Waals surface area contributed by atoms with Gasteiger partial charge in [0.1, 0.15) is 17.5 Å². The van der Waals surface area contributed by atoms with Crippen LogP contribution in [0.3, 0.4) is 0 Å². The number of aromatic hydroxyl groups is 2. The summed E-state index contributed by atoms with van der Waals surface area (Å²) < 4.78 is 0. The van der Waals surface area contributed by atoms with Crippen LogP contribution >= 0.6 is 0 Å². The zero-order valence-electron chi connectivity index (χ0n) is 20.4. The minimum atomic E-state index is -0.462. The van der Waals surface area contributed by atoms with Crippen LogP contribution in [-0.4, -0.2) is 34.9 Å². The van der Waals surface area contributed by atoms with Gasteiger partial charge in [-0.1, -0.05) is 18.2 Å². The van der Waals surface area contributed by atoms with Crippen molar-refractivity contribution in [1.29, 1.82) is 0 Å². The van der Waals surface area contributed by atoms with Crippen LogP contribution in [0, 0.1) is 12.8 Å². The first kappa shape index (κ1) is 22.7. The van der Waals surface area contributed by atoms with Gasteiger partial charge < -0.3 is 20.8 Å². The van der Waals surface area contributed by atoms with Crippen molar-refractivity contribution in [2.24, 2.45) is 10.9 Å². The van der Waals surface area contributed by atoms with Crippen LogP contribution in [0.4, 0.5) is 5.69 Å². The summed E-state index contributed by atoms with van der Waals surface area (Å²) in [5, 5.41) is 26.4. The molecule has 4 N–H and O–H groups in total. The fourth-order valence-corrected chi connectivity index (χ4v) is 6.08. The molecule has 0 bridgehead atoms. The van der Waals surface area contributed by atoms with Crippen LogP contribution in [0.5, 0.6) is 11.5 Å². The first-order valence-corrected chi connectivity index (χ1v) is 12.8. The van der Waals surface area contributed by atoms with E-state index in [2.05, 4.69) is 33.8 Å². The van der Waals surface area contributed by atoms with Crippen molar-refractivity contribution in [3.05, 3.63) is 87.5 Å². The van der Waals surface area contributed by atoms with Crippen molar-refractivity contribution in [3.63, 3.8) is 0 Å². The molecule has 0 aromatic heterocycles. The Morgan fingerprint density at radius 3 is 2.78 bits per heavy atom. The number of amides is 1. The summed E-state index contributed by atoms with van der Waals surface area (Å²) in [4.78, 5) is 17.8. The minimum absolute atomic E-state index is 0.0519. The van der Waals surface area contributed by atoms with Gasteiger partial charge in [0, 0.05) is 24.9 Å². The van der Waals surface area contributed by atoms with E-state index < -0.39 is 6.04 Å². The Labute approximate surface area is 211 Å². The Morgan fingerprint density at radius 2 is 1.89 bits per heavy atom. The summed E-state index contributed by atoms with van der Waals surface area (Å²) in [7, 11) is 0. The van der Waals surface area contributed by atoms with Gasteiger partial charge in [-0.2, -0.15) is 0 Å². The van der Waals surface area contributed by atoms with Crippen molar-refractivity contribution >= 4 is 17.8 Å². The van der Waals surface area contributed by atoms with Gasteiger partial charge in [0.25, 0.3) is 0 Å². The zero-order chi connectivity index (χ0) is 24.8. The fourth-order valence-electron chi connectivity index (χ4n) is 6.08. The first-order chi connectivity index (χ1) is 17.4. The molecule has 3 aromatic rings. The third kappa shape index (κ3) is 4.32. The molecule has 6 heteroatoms. The molecular weight excluding hydrogens is 450 g/mol. The van der Waals surface area contributed by atoms with Crippen LogP contribution in [-0.2, 0) is 30.5 Å². The number of aryl methyl sites for hydroxylation is 1. The Balaban J connectivity index is 1.16. The summed E-state index contributed by atoms with van der Waals surface area (Å²) in [5.74, 6) is 1.02. The Hall–Kier alpha value is -3.80. The molecule has 0 saturated carbocycles. The summed E-state index contributed by atoms with van der Waals surface area (Å²) >= 11 is 0. The average Bonchev–Trinajstić information content (AvgIpc) is 3.25. The molecular formula is C30H31N3O3. The van der Waals surface area contributed by atoms with Crippen LogP contribution in [0.15, 0.2) is 53.5 Å². The van der Waals surface area contributed by atoms with E-state index in [1.807, 2.05) is 19.1 Å². The number of anilines is 1. The molecule has 36 heavy (non-hydrogen) atoms. The van der Waals surface area contributed by atoms with E-state index in [0.29, 0.717) is 18.1 Å². The van der Waals surface area contributed by atoms with Crippen LogP contribution in [0.1, 0.15) is 51.4 Å². The fraction of sp³-hybridized carbons (Fsp3) is 0.333. The Kier molecular flexibility index (Phi) is 5.67. The molecule has 6 rings (SSSR count). The summed E-state index contributed by atoms with van der Waals surface area (Å²) in [5.41, 5.74) is 9.03. The molecule has 3 aromatic carbocycles. The van der Waals surface area contributed by atoms with Gasteiger partial charge in [-0.05, 0) is 108 Å². The quantitative estimate of drug-likeness (QED) is 0.445. The van der Waals surface area contributed by atoms with Crippen LogP contribution in [0.2, 0.25) is 0 Å². The molecule has 3 unspecified atom stereocenters. The zero-order valence-corrected chi connectivity index (χ0v) is 20.4. The Bertz CT molecular complexity index is 1380. The maximum atomic E-state index is 13.3. The molecule has 0 spiro atoms. The second kappa shape index (κ2) is 9.01. The third-order valence-electron chi connectivity index (χ3n) is 7.87.